The van der Waals surface area contributed by atoms with Gasteiger partial charge >= 0.3 is 5.97 Å². The smallest absolute Gasteiger partial charge is 0.308 e. The number of rotatable bonds is 3. The third-order valence-electron chi connectivity index (χ3n) is 4.24. The highest BCUT2D eigenvalue weighted by atomic mass is 16.5. The van der Waals surface area contributed by atoms with E-state index in [0.717, 1.165) is 13.0 Å². The highest BCUT2D eigenvalue weighted by Crippen LogP contribution is 2.44. The van der Waals surface area contributed by atoms with Gasteiger partial charge in [-0.1, -0.05) is 19.3 Å². The lowest BCUT2D eigenvalue weighted by atomic mass is 9.70. The van der Waals surface area contributed by atoms with Crippen molar-refractivity contribution in [3.8, 4) is 0 Å². The first-order chi connectivity index (χ1) is 8.24. The maximum Gasteiger partial charge on any atom is 0.308 e. The van der Waals surface area contributed by atoms with Crippen LogP contribution >= 0.6 is 0 Å². The van der Waals surface area contributed by atoms with Gasteiger partial charge in [0.1, 0.15) is 0 Å². The summed E-state index contributed by atoms with van der Waals surface area (Å²) in [6.45, 7) is 3.17. The SMILES string of the molecule is CCOC(=O)CC1CCC2(CCCCC2)CO1. The highest BCUT2D eigenvalue weighted by Gasteiger charge is 2.37. The van der Waals surface area contributed by atoms with Crippen molar-refractivity contribution < 1.29 is 14.3 Å². The second kappa shape index (κ2) is 5.85. The van der Waals surface area contributed by atoms with E-state index in [1.807, 2.05) is 6.92 Å². The molecule has 0 aromatic rings. The third-order valence-corrected chi connectivity index (χ3v) is 4.24. The predicted molar refractivity (Wildman–Crippen MR) is 65.7 cm³/mol. The van der Waals surface area contributed by atoms with Gasteiger partial charge in [-0.05, 0) is 38.0 Å². The molecule has 0 aromatic carbocycles. The van der Waals surface area contributed by atoms with E-state index in [4.69, 9.17) is 9.47 Å². The Kier molecular flexibility index (Phi) is 4.43. The molecule has 2 rings (SSSR count). The molecule has 1 atom stereocenters. The number of carbonyl (C=O) groups is 1. The van der Waals surface area contributed by atoms with E-state index in [-0.39, 0.29) is 12.1 Å². The van der Waals surface area contributed by atoms with E-state index in [1.165, 1.54) is 38.5 Å². The summed E-state index contributed by atoms with van der Waals surface area (Å²) in [7, 11) is 0. The summed E-state index contributed by atoms with van der Waals surface area (Å²) in [4.78, 5) is 11.4. The number of hydrogen-bond donors (Lipinski definition) is 0. The molecular weight excluding hydrogens is 216 g/mol. The standard InChI is InChI=1S/C14H24O3/c1-2-16-13(15)10-12-6-9-14(11-17-12)7-4-3-5-8-14/h12H,2-11H2,1H3. The van der Waals surface area contributed by atoms with Crippen LogP contribution in [0.15, 0.2) is 0 Å². The van der Waals surface area contributed by atoms with Gasteiger partial charge in [-0.3, -0.25) is 4.79 Å². The van der Waals surface area contributed by atoms with E-state index in [2.05, 4.69) is 0 Å². The average molecular weight is 240 g/mol. The molecule has 1 spiro atoms. The Morgan fingerprint density at radius 2 is 2.06 bits per heavy atom. The monoisotopic (exact) mass is 240 g/mol. The van der Waals surface area contributed by atoms with Gasteiger partial charge in [-0.25, -0.2) is 0 Å². The fraction of sp³-hybridized carbons (Fsp3) is 0.929. The first-order valence-corrected chi connectivity index (χ1v) is 7.01. The molecule has 2 fully saturated rings. The van der Waals surface area contributed by atoms with Gasteiger partial charge in [0.15, 0.2) is 0 Å². The molecule has 2 aliphatic rings. The van der Waals surface area contributed by atoms with E-state index < -0.39 is 0 Å². The van der Waals surface area contributed by atoms with Crippen LogP contribution in [0.25, 0.3) is 0 Å². The number of carbonyl (C=O) groups excluding carboxylic acids is 1. The molecule has 1 heterocycles. The molecule has 0 aromatic heterocycles. The van der Waals surface area contributed by atoms with Gasteiger partial charge in [-0.2, -0.15) is 0 Å². The van der Waals surface area contributed by atoms with Crippen LogP contribution in [0, 0.1) is 5.41 Å². The van der Waals surface area contributed by atoms with Gasteiger partial charge in [0.05, 0.1) is 25.7 Å². The number of hydrogen-bond acceptors (Lipinski definition) is 3. The minimum Gasteiger partial charge on any atom is -0.466 e. The molecule has 3 heteroatoms. The zero-order valence-corrected chi connectivity index (χ0v) is 10.9. The Balaban J connectivity index is 1.75. The molecule has 0 radical (unpaired) electrons. The van der Waals surface area contributed by atoms with Crippen LogP contribution in [-0.2, 0) is 14.3 Å². The second-order valence-electron chi connectivity index (χ2n) is 5.54. The molecule has 0 N–H and O–H groups in total. The minimum atomic E-state index is -0.114. The predicted octanol–water partition coefficient (Wildman–Crippen LogP) is 3.07. The molecule has 1 unspecified atom stereocenters. The van der Waals surface area contributed by atoms with Crippen molar-refractivity contribution in [3.63, 3.8) is 0 Å². The normalized spacial score (nSPS) is 27.9. The Morgan fingerprint density at radius 3 is 2.65 bits per heavy atom. The largest absolute Gasteiger partial charge is 0.466 e. The van der Waals surface area contributed by atoms with Crippen LogP contribution < -0.4 is 0 Å². The summed E-state index contributed by atoms with van der Waals surface area (Å²) in [5, 5.41) is 0. The molecule has 1 saturated carbocycles. The van der Waals surface area contributed by atoms with Crippen LogP contribution in [-0.4, -0.2) is 25.3 Å². The second-order valence-corrected chi connectivity index (χ2v) is 5.54. The molecule has 0 bridgehead atoms. The summed E-state index contributed by atoms with van der Waals surface area (Å²) >= 11 is 0. The van der Waals surface area contributed by atoms with Crippen molar-refractivity contribution in [3.05, 3.63) is 0 Å². The van der Waals surface area contributed by atoms with E-state index in [0.29, 0.717) is 18.4 Å². The van der Waals surface area contributed by atoms with Crippen molar-refractivity contribution in [1.29, 1.82) is 0 Å². The number of ether oxygens (including phenoxy) is 2. The van der Waals surface area contributed by atoms with Crippen LogP contribution in [0.2, 0.25) is 0 Å². The molecule has 17 heavy (non-hydrogen) atoms. The van der Waals surface area contributed by atoms with Crippen molar-refractivity contribution in [2.45, 2.75) is 64.4 Å². The van der Waals surface area contributed by atoms with Crippen LogP contribution in [0.1, 0.15) is 58.3 Å². The summed E-state index contributed by atoms with van der Waals surface area (Å²) in [6, 6.07) is 0. The summed E-state index contributed by atoms with van der Waals surface area (Å²) in [5.41, 5.74) is 0.448. The van der Waals surface area contributed by atoms with E-state index >= 15 is 0 Å². The lowest BCUT2D eigenvalue weighted by Gasteiger charge is -2.42. The van der Waals surface area contributed by atoms with Crippen molar-refractivity contribution >= 4 is 5.97 Å². The van der Waals surface area contributed by atoms with Crippen molar-refractivity contribution in [1.82, 2.24) is 0 Å². The van der Waals surface area contributed by atoms with E-state index in [1.54, 1.807) is 0 Å². The zero-order chi connectivity index (χ0) is 12.1. The van der Waals surface area contributed by atoms with Gasteiger partial charge < -0.3 is 9.47 Å². The first kappa shape index (κ1) is 12.9. The maximum absolute atomic E-state index is 11.4. The molecule has 1 aliphatic heterocycles. The van der Waals surface area contributed by atoms with Gasteiger partial charge in [-0.15, -0.1) is 0 Å². The molecule has 3 nitrogen and oxygen atoms in total. The molecule has 0 amide bonds. The van der Waals surface area contributed by atoms with Crippen molar-refractivity contribution in [2.75, 3.05) is 13.2 Å². The van der Waals surface area contributed by atoms with Crippen LogP contribution in [0.5, 0.6) is 0 Å². The molecule has 98 valence electrons. The van der Waals surface area contributed by atoms with E-state index in [9.17, 15) is 4.79 Å². The summed E-state index contributed by atoms with van der Waals surface area (Å²) in [6.07, 6.45) is 9.52. The van der Waals surface area contributed by atoms with Gasteiger partial charge in [0, 0.05) is 0 Å². The summed E-state index contributed by atoms with van der Waals surface area (Å²) < 4.78 is 10.9. The van der Waals surface area contributed by atoms with Gasteiger partial charge in [0.25, 0.3) is 0 Å². The first-order valence-electron chi connectivity index (χ1n) is 7.01. The fourth-order valence-electron chi connectivity index (χ4n) is 3.18. The lowest BCUT2D eigenvalue weighted by molar-refractivity contribution is -0.150. The van der Waals surface area contributed by atoms with Gasteiger partial charge in [0.2, 0.25) is 0 Å². The summed E-state index contributed by atoms with van der Waals surface area (Å²) in [5.74, 6) is -0.114. The van der Waals surface area contributed by atoms with Crippen LogP contribution in [0.4, 0.5) is 0 Å². The van der Waals surface area contributed by atoms with Crippen LogP contribution in [0.3, 0.4) is 0 Å². The zero-order valence-electron chi connectivity index (χ0n) is 10.9. The number of esters is 1. The maximum atomic E-state index is 11.4. The highest BCUT2D eigenvalue weighted by molar-refractivity contribution is 5.69. The quantitative estimate of drug-likeness (QED) is 0.711. The average Bonchev–Trinajstić information content (AvgIpc) is 2.34. The molecule has 1 aliphatic carbocycles. The Hall–Kier alpha value is -0.570. The fourth-order valence-corrected chi connectivity index (χ4v) is 3.18. The Morgan fingerprint density at radius 1 is 1.29 bits per heavy atom. The topological polar surface area (TPSA) is 35.5 Å². The minimum absolute atomic E-state index is 0.0987. The lowest BCUT2D eigenvalue weighted by Crippen LogP contribution is -2.38. The third kappa shape index (κ3) is 3.44. The molecule has 1 saturated heterocycles. The van der Waals surface area contributed by atoms with Crippen molar-refractivity contribution in [2.24, 2.45) is 5.41 Å². The Labute approximate surface area is 104 Å². The molecular formula is C14H24O3. The Bertz CT molecular complexity index is 246.